The van der Waals surface area contributed by atoms with Gasteiger partial charge in [0.05, 0.1) is 11.5 Å². The van der Waals surface area contributed by atoms with Crippen LogP contribution in [0.5, 0.6) is 0 Å². The summed E-state index contributed by atoms with van der Waals surface area (Å²) in [6, 6.07) is 6.67. The third-order valence-corrected chi connectivity index (χ3v) is 3.45. The highest BCUT2D eigenvalue weighted by molar-refractivity contribution is 5.67. The fourth-order valence-electron chi connectivity index (χ4n) is 2.37. The van der Waals surface area contributed by atoms with E-state index in [0.29, 0.717) is 19.7 Å². The standard InChI is InChI=1S/C14H19N3O4/c1-2-21-14(18)16-8-6-11(7-9-16)15-12-4-3-5-13(10-12)17(19)20/h3-5,10-11,15H,2,6-9H2,1H3. The number of rotatable bonds is 4. The zero-order chi connectivity index (χ0) is 15.2. The fraction of sp³-hybridized carbons (Fsp3) is 0.500. The minimum atomic E-state index is -0.408. The number of non-ortho nitro benzene ring substituents is 1. The van der Waals surface area contributed by atoms with Crippen LogP contribution in [0.15, 0.2) is 24.3 Å². The molecular formula is C14H19N3O4. The molecule has 0 unspecified atom stereocenters. The number of anilines is 1. The van der Waals surface area contributed by atoms with Gasteiger partial charge in [-0.25, -0.2) is 4.79 Å². The van der Waals surface area contributed by atoms with Gasteiger partial charge in [0.25, 0.3) is 5.69 Å². The first-order chi connectivity index (χ1) is 10.1. The van der Waals surface area contributed by atoms with E-state index in [9.17, 15) is 14.9 Å². The van der Waals surface area contributed by atoms with Crippen LogP contribution in [0.1, 0.15) is 19.8 Å². The number of benzene rings is 1. The minimum Gasteiger partial charge on any atom is -0.450 e. The second kappa shape index (κ2) is 6.92. The number of carbonyl (C=O) groups excluding carboxylic acids is 1. The van der Waals surface area contributed by atoms with Crippen LogP contribution in [0.25, 0.3) is 0 Å². The van der Waals surface area contributed by atoms with Gasteiger partial charge < -0.3 is 15.0 Å². The molecule has 0 aliphatic carbocycles. The number of nitrogens with one attached hydrogen (secondary N) is 1. The first-order valence-electron chi connectivity index (χ1n) is 7.03. The minimum absolute atomic E-state index is 0.0731. The van der Waals surface area contributed by atoms with E-state index in [-0.39, 0.29) is 17.8 Å². The van der Waals surface area contributed by atoms with Crippen LogP contribution in [-0.4, -0.2) is 41.7 Å². The van der Waals surface area contributed by atoms with Crippen molar-refractivity contribution in [1.29, 1.82) is 0 Å². The number of piperidine rings is 1. The van der Waals surface area contributed by atoms with Gasteiger partial charge in [-0.3, -0.25) is 10.1 Å². The first-order valence-corrected chi connectivity index (χ1v) is 7.03. The van der Waals surface area contributed by atoms with Crippen molar-refractivity contribution >= 4 is 17.5 Å². The number of hydrogen-bond acceptors (Lipinski definition) is 5. The monoisotopic (exact) mass is 293 g/mol. The topological polar surface area (TPSA) is 84.7 Å². The Hall–Kier alpha value is -2.31. The Bertz CT molecular complexity index is 513. The van der Waals surface area contributed by atoms with Gasteiger partial charge in [-0.1, -0.05) is 6.07 Å². The predicted molar refractivity (Wildman–Crippen MR) is 78.3 cm³/mol. The smallest absolute Gasteiger partial charge is 0.409 e. The summed E-state index contributed by atoms with van der Waals surface area (Å²) in [6.45, 7) is 3.43. The molecular weight excluding hydrogens is 274 g/mol. The zero-order valence-electron chi connectivity index (χ0n) is 11.9. The van der Waals surface area contributed by atoms with Crippen LogP contribution < -0.4 is 5.32 Å². The molecule has 0 aromatic heterocycles. The normalized spacial score (nSPS) is 15.6. The zero-order valence-corrected chi connectivity index (χ0v) is 11.9. The summed E-state index contributed by atoms with van der Waals surface area (Å²) >= 11 is 0. The summed E-state index contributed by atoms with van der Waals surface area (Å²) in [5.74, 6) is 0. The van der Waals surface area contributed by atoms with Crippen LogP contribution >= 0.6 is 0 Å². The highest BCUT2D eigenvalue weighted by Crippen LogP contribution is 2.21. The van der Waals surface area contributed by atoms with Crippen LogP contribution in [0.2, 0.25) is 0 Å². The maximum absolute atomic E-state index is 11.6. The van der Waals surface area contributed by atoms with Crippen LogP contribution in [0, 0.1) is 10.1 Å². The summed E-state index contributed by atoms with van der Waals surface area (Å²) in [5.41, 5.74) is 0.808. The molecule has 7 heteroatoms. The molecule has 1 aromatic rings. The molecule has 1 heterocycles. The van der Waals surface area contributed by atoms with Crippen LogP contribution in [0.4, 0.5) is 16.2 Å². The number of amides is 1. The fourth-order valence-corrected chi connectivity index (χ4v) is 2.37. The predicted octanol–water partition coefficient (Wildman–Crippen LogP) is 2.63. The number of nitro benzene ring substituents is 1. The summed E-state index contributed by atoms with van der Waals surface area (Å²) in [7, 11) is 0. The van der Waals surface area contributed by atoms with Gasteiger partial charge in [0.15, 0.2) is 0 Å². The van der Waals surface area contributed by atoms with Crippen molar-refractivity contribution < 1.29 is 14.5 Å². The Balaban J connectivity index is 1.87. The molecule has 0 spiro atoms. The Morgan fingerprint density at radius 1 is 1.48 bits per heavy atom. The number of carbonyl (C=O) groups is 1. The van der Waals surface area contributed by atoms with E-state index < -0.39 is 4.92 Å². The van der Waals surface area contributed by atoms with E-state index in [2.05, 4.69) is 5.32 Å². The Kier molecular flexibility index (Phi) is 4.97. The molecule has 2 rings (SSSR count). The number of likely N-dealkylation sites (tertiary alicyclic amines) is 1. The summed E-state index contributed by atoms with van der Waals surface area (Å²) in [5, 5.41) is 14.0. The highest BCUT2D eigenvalue weighted by atomic mass is 16.6. The Labute approximate surface area is 123 Å². The van der Waals surface area contributed by atoms with Crippen molar-refractivity contribution in [2.45, 2.75) is 25.8 Å². The van der Waals surface area contributed by atoms with E-state index >= 15 is 0 Å². The summed E-state index contributed by atoms with van der Waals surface area (Å²) in [4.78, 5) is 23.6. The largest absolute Gasteiger partial charge is 0.450 e. The lowest BCUT2D eigenvalue weighted by Crippen LogP contribution is -2.42. The van der Waals surface area contributed by atoms with Crippen molar-refractivity contribution in [1.82, 2.24) is 4.90 Å². The SMILES string of the molecule is CCOC(=O)N1CCC(Nc2cccc([N+](=O)[O-])c2)CC1. The molecule has 1 fully saturated rings. The maximum Gasteiger partial charge on any atom is 0.409 e. The van der Waals surface area contributed by atoms with Gasteiger partial charge in [-0.05, 0) is 25.8 Å². The van der Waals surface area contributed by atoms with Gasteiger partial charge in [0.2, 0.25) is 0 Å². The quantitative estimate of drug-likeness (QED) is 0.681. The van der Waals surface area contributed by atoms with Gasteiger partial charge in [0.1, 0.15) is 0 Å². The molecule has 21 heavy (non-hydrogen) atoms. The third kappa shape index (κ3) is 4.08. The molecule has 114 valence electrons. The van der Waals surface area contributed by atoms with Crippen molar-refractivity contribution in [2.75, 3.05) is 25.0 Å². The molecule has 0 saturated carbocycles. The van der Waals surface area contributed by atoms with E-state index in [0.717, 1.165) is 18.5 Å². The number of hydrogen-bond donors (Lipinski definition) is 1. The molecule has 0 radical (unpaired) electrons. The lowest BCUT2D eigenvalue weighted by atomic mass is 10.0. The van der Waals surface area contributed by atoms with E-state index in [1.807, 2.05) is 6.07 Å². The second-order valence-corrected chi connectivity index (χ2v) is 4.91. The maximum atomic E-state index is 11.6. The number of ether oxygens (including phenoxy) is 1. The first kappa shape index (κ1) is 15.1. The molecule has 0 atom stereocenters. The second-order valence-electron chi connectivity index (χ2n) is 4.91. The average Bonchev–Trinajstić information content (AvgIpc) is 2.48. The molecule has 0 bridgehead atoms. The molecule has 1 aromatic carbocycles. The Morgan fingerprint density at radius 3 is 2.81 bits per heavy atom. The lowest BCUT2D eigenvalue weighted by molar-refractivity contribution is -0.384. The molecule has 1 aliphatic rings. The van der Waals surface area contributed by atoms with Gasteiger partial charge in [-0.2, -0.15) is 0 Å². The van der Waals surface area contributed by atoms with Gasteiger partial charge in [0, 0.05) is 37.0 Å². The van der Waals surface area contributed by atoms with Gasteiger partial charge >= 0.3 is 6.09 Å². The molecule has 1 saturated heterocycles. The van der Waals surface area contributed by atoms with Crippen molar-refractivity contribution in [3.63, 3.8) is 0 Å². The van der Waals surface area contributed by atoms with Gasteiger partial charge in [-0.15, -0.1) is 0 Å². The van der Waals surface area contributed by atoms with Crippen LogP contribution in [0.3, 0.4) is 0 Å². The summed E-state index contributed by atoms with van der Waals surface area (Å²) < 4.78 is 4.97. The highest BCUT2D eigenvalue weighted by Gasteiger charge is 2.23. The molecule has 1 amide bonds. The van der Waals surface area contributed by atoms with Crippen molar-refractivity contribution in [3.8, 4) is 0 Å². The lowest BCUT2D eigenvalue weighted by Gasteiger charge is -2.32. The summed E-state index contributed by atoms with van der Waals surface area (Å²) in [6.07, 6.45) is 1.31. The van der Waals surface area contributed by atoms with E-state index in [1.165, 1.54) is 12.1 Å². The van der Waals surface area contributed by atoms with Crippen molar-refractivity contribution in [3.05, 3.63) is 34.4 Å². The van der Waals surface area contributed by atoms with Crippen LogP contribution in [-0.2, 0) is 4.74 Å². The molecule has 1 N–H and O–H groups in total. The van der Waals surface area contributed by atoms with Crippen molar-refractivity contribution in [2.24, 2.45) is 0 Å². The molecule has 1 aliphatic heterocycles. The van der Waals surface area contributed by atoms with E-state index in [1.54, 1.807) is 17.9 Å². The molecule has 7 nitrogen and oxygen atoms in total. The van der Waals surface area contributed by atoms with E-state index in [4.69, 9.17) is 4.74 Å². The average molecular weight is 293 g/mol. The third-order valence-electron chi connectivity index (χ3n) is 3.45. The Morgan fingerprint density at radius 2 is 2.19 bits per heavy atom. The number of nitrogens with zero attached hydrogens (tertiary/aromatic N) is 2. The number of nitro groups is 1.